The lowest BCUT2D eigenvalue weighted by molar-refractivity contribution is -0.0583. The quantitative estimate of drug-likeness (QED) is 0.393. The van der Waals surface area contributed by atoms with E-state index in [9.17, 15) is 26.3 Å². The van der Waals surface area contributed by atoms with Gasteiger partial charge in [0.15, 0.2) is 0 Å². The summed E-state index contributed by atoms with van der Waals surface area (Å²) in [7, 11) is 0. The minimum absolute atomic E-state index is 2.04. The van der Waals surface area contributed by atoms with E-state index in [-0.39, 0.29) is 0 Å². The molecule has 0 rings (SSSR count). The molecule has 0 aromatic carbocycles. The van der Waals surface area contributed by atoms with Crippen LogP contribution in [0.3, 0.4) is 0 Å². The first-order chi connectivity index (χ1) is 6.05. The monoisotopic (exact) mass is 260 g/mol. The van der Waals surface area contributed by atoms with Crippen molar-refractivity contribution in [3.63, 3.8) is 0 Å². The maximum absolute atomic E-state index is 11.5. The van der Waals surface area contributed by atoms with Crippen molar-refractivity contribution in [3.05, 3.63) is 0 Å². The first-order valence-electron chi connectivity index (χ1n) is 2.66. The van der Waals surface area contributed by atoms with Gasteiger partial charge in [0, 0.05) is 0 Å². The number of hydrogen-bond donors (Lipinski definition) is 0. The topological polar surface area (TPSA) is 24.7 Å². The van der Waals surface area contributed by atoms with Gasteiger partial charge in [-0.25, -0.2) is 0 Å². The highest BCUT2D eigenvalue weighted by atomic mass is 35.5. The van der Waals surface area contributed by atoms with Gasteiger partial charge in [-0.15, -0.1) is 10.2 Å². The smallest absolute Gasteiger partial charge is 0.164 e. The van der Waals surface area contributed by atoms with Crippen molar-refractivity contribution < 1.29 is 26.3 Å². The summed E-state index contributed by atoms with van der Waals surface area (Å²) in [6.07, 6.45) is -10.1. The number of halogens is 8. The van der Waals surface area contributed by atoms with Crippen molar-refractivity contribution >= 4 is 33.5 Å². The predicted octanol–water partition coefficient (Wildman–Crippen LogP) is 3.30. The van der Waals surface area contributed by atoms with Crippen LogP contribution in [0.25, 0.3) is 0 Å². The van der Waals surface area contributed by atoms with E-state index in [0.717, 1.165) is 0 Å². The van der Waals surface area contributed by atoms with Crippen LogP contribution in [0.5, 0.6) is 0 Å². The summed E-state index contributed by atoms with van der Waals surface area (Å²) < 4.78 is 69.2. The second-order valence-electron chi connectivity index (χ2n) is 1.78. The predicted molar refractivity (Wildman–Crippen MR) is 38.7 cm³/mol. The van der Waals surface area contributed by atoms with Crippen LogP contribution in [0.4, 0.5) is 26.3 Å². The number of rotatable bonds is 1. The van der Waals surface area contributed by atoms with E-state index < -0.39 is 22.7 Å². The lowest BCUT2D eigenvalue weighted by Crippen LogP contribution is -2.19. The molecule has 0 N–H and O–H groups in total. The van der Waals surface area contributed by atoms with Gasteiger partial charge in [0.2, 0.25) is 10.3 Å². The fraction of sp³-hybridized carbons (Fsp3) is 0.500. The molecule has 2 nitrogen and oxygen atoms in total. The lowest BCUT2D eigenvalue weighted by atomic mass is 10.7. The van der Waals surface area contributed by atoms with Crippen molar-refractivity contribution in [2.45, 2.75) is 12.4 Å². The van der Waals surface area contributed by atoms with E-state index in [0.29, 0.717) is 0 Å². The van der Waals surface area contributed by atoms with E-state index in [1.165, 1.54) is 0 Å². The molecular weight excluding hydrogens is 261 g/mol. The second-order valence-corrected chi connectivity index (χ2v) is 2.49. The molecule has 0 amide bonds. The maximum atomic E-state index is 11.5. The van der Waals surface area contributed by atoms with Crippen molar-refractivity contribution in [2.75, 3.05) is 0 Å². The highest BCUT2D eigenvalue weighted by Crippen LogP contribution is 2.22. The summed E-state index contributed by atoms with van der Waals surface area (Å²) in [6, 6.07) is 0. The lowest BCUT2D eigenvalue weighted by Gasteiger charge is -2.02. The largest absolute Gasteiger partial charge is 0.446 e. The van der Waals surface area contributed by atoms with Gasteiger partial charge in [-0.2, -0.15) is 26.3 Å². The molecule has 0 aliphatic carbocycles. The molecule has 82 valence electrons. The minimum Gasteiger partial charge on any atom is -0.164 e. The van der Waals surface area contributed by atoms with Gasteiger partial charge in [-0.1, -0.05) is 23.2 Å². The van der Waals surface area contributed by atoms with Gasteiger partial charge in [-0.05, 0) is 0 Å². The normalized spacial score (nSPS) is 16.0. The highest BCUT2D eigenvalue weighted by molar-refractivity contribution is 6.68. The maximum Gasteiger partial charge on any atom is 0.446 e. The van der Waals surface area contributed by atoms with Gasteiger partial charge in [0.1, 0.15) is 0 Å². The van der Waals surface area contributed by atoms with E-state index in [1.807, 2.05) is 0 Å². The van der Waals surface area contributed by atoms with Crippen molar-refractivity contribution in [1.29, 1.82) is 0 Å². The van der Waals surface area contributed by atoms with Gasteiger partial charge in [0.25, 0.3) is 0 Å². The van der Waals surface area contributed by atoms with E-state index >= 15 is 0 Å². The van der Waals surface area contributed by atoms with Crippen LogP contribution in [0.15, 0.2) is 10.2 Å². The number of nitrogens with zero attached hydrogens (tertiary/aromatic N) is 2. The average molecular weight is 261 g/mol. The molecule has 0 heterocycles. The number of alkyl halides is 6. The second kappa shape index (κ2) is 4.35. The summed E-state index contributed by atoms with van der Waals surface area (Å²) in [5, 5.41) is 0.0263. The molecule has 0 aromatic heterocycles. The zero-order valence-electron chi connectivity index (χ0n) is 5.92. The van der Waals surface area contributed by atoms with E-state index in [2.05, 4.69) is 33.4 Å². The molecule has 0 unspecified atom stereocenters. The van der Waals surface area contributed by atoms with Crippen LogP contribution in [0.1, 0.15) is 0 Å². The SMILES string of the molecule is FC(F)(F)/C(Cl)=N/N=C(\Cl)C(F)(F)F. The Balaban J connectivity index is 4.73. The standard InChI is InChI=1S/C4Cl2F6N2/c5-1(3(7,8)9)13-14-2(6)4(10,11)12/b13-1-,14-2-. The zero-order chi connectivity index (χ0) is 11.6. The van der Waals surface area contributed by atoms with Crippen molar-refractivity contribution in [1.82, 2.24) is 0 Å². The molecule has 0 aliphatic heterocycles. The molecule has 0 bridgehead atoms. The molecule has 0 spiro atoms. The average Bonchev–Trinajstić information content (AvgIpc) is 1.95. The Morgan fingerprint density at radius 2 is 0.929 bits per heavy atom. The zero-order valence-corrected chi connectivity index (χ0v) is 7.43. The Morgan fingerprint density at radius 1 is 0.714 bits per heavy atom. The Bertz CT molecular complexity index is 236. The Labute approximate surface area is 83.2 Å². The molecule has 14 heavy (non-hydrogen) atoms. The molecule has 0 saturated heterocycles. The van der Waals surface area contributed by atoms with Crippen LogP contribution in [0.2, 0.25) is 0 Å². The molecule has 10 heteroatoms. The Kier molecular flexibility index (Phi) is 4.19. The molecule has 0 saturated carbocycles. The Hall–Kier alpha value is -0.500. The van der Waals surface area contributed by atoms with Crippen LogP contribution >= 0.6 is 23.2 Å². The van der Waals surface area contributed by atoms with Crippen LogP contribution in [-0.2, 0) is 0 Å². The van der Waals surface area contributed by atoms with Crippen molar-refractivity contribution in [3.8, 4) is 0 Å². The van der Waals surface area contributed by atoms with Gasteiger partial charge in [0.05, 0.1) is 0 Å². The highest BCUT2D eigenvalue weighted by Gasteiger charge is 2.37. The fourth-order valence-electron chi connectivity index (χ4n) is 0.201. The first-order valence-corrected chi connectivity index (χ1v) is 3.42. The molecular formula is C4Cl2F6N2. The van der Waals surface area contributed by atoms with Gasteiger partial charge in [-0.3, -0.25) is 0 Å². The minimum atomic E-state index is -5.05. The molecule has 0 atom stereocenters. The summed E-state index contributed by atoms with van der Waals surface area (Å²) in [6.45, 7) is 0. The summed E-state index contributed by atoms with van der Waals surface area (Å²) in [5.41, 5.74) is 0. The molecule has 0 radical (unpaired) electrons. The third-order valence-electron chi connectivity index (χ3n) is 0.693. The van der Waals surface area contributed by atoms with E-state index in [1.54, 1.807) is 0 Å². The summed E-state index contributed by atoms with van der Waals surface area (Å²) >= 11 is 8.89. The molecule has 0 fully saturated rings. The molecule has 0 aromatic rings. The van der Waals surface area contributed by atoms with Crippen LogP contribution < -0.4 is 0 Å². The summed E-state index contributed by atoms with van der Waals surface area (Å²) in [4.78, 5) is 0. The third-order valence-corrected chi connectivity index (χ3v) is 1.27. The fourth-order valence-corrected chi connectivity index (χ4v) is 0.277. The first kappa shape index (κ1) is 13.5. The van der Waals surface area contributed by atoms with E-state index in [4.69, 9.17) is 0 Å². The van der Waals surface area contributed by atoms with Crippen molar-refractivity contribution in [2.24, 2.45) is 10.2 Å². The Morgan fingerprint density at radius 3 is 1.07 bits per heavy atom. The van der Waals surface area contributed by atoms with Crippen LogP contribution in [0, 0.1) is 0 Å². The van der Waals surface area contributed by atoms with Gasteiger partial charge < -0.3 is 0 Å². The van der Waals surface area contributed by atoms with Gasteiger partial charge >= 0.3 is 12.4 Å². The molecule has 0 aliphatic rings. The third kappa shape index (κ3) is 4.66. The number of hydrogen-bond acceptors (Lipinski definition) is 2. The van der Waals surface area contributed by atoms with Crippen LogP contribution in [-0.4, -0.2) is 22.7 Å². The summed E-state index contributed by atoms with van der Waals surface area (Å²) in [5.74, 6) is 0.